The number of ketones is 1. The maximum Gasteiger partial charge on any atom is 0.219 e. The van der Waals surface area contributed by atoms with E-state index in [0.29, 0.717) is 46.2 Å². The Kier molecular flexibility index (Phi) is 7.10. The zero-order valence-corrected chi connectivity index (χ0v) is 22.2. The van der Waals surface area contributed by atoms with Crippen molar-refractivity contribution in [1.29, 1.82) is 5.26 Å². The number of aromatic nitrogens is 2. The molecule has 2 N–H and O–H groups in total. The number of thioether (sulfide) groups is 1. The third-order valence-electron chi connectivity index (χ3n) is 6.15. The molecule has 2 aromatic rings. The highest BCUT2D eigenvalue weighted by Gasteiger charge is 2.46. The van der Waals surface area contributed by atoms with Gasteiger partial charge in [-0.25, -0.2) is 0 Å². The molecule has 1 unspecified atom stereocenters. The number of allylic oxidation sites excluding steroid dienone is 3. The lowest BCUT2D eigenvalue weighted by atomic mass is 9.68. The van der Waals surface area contributed by atoms with E-state index in [1.54, 1.807) is 43.0 Å². The predicted molar refractivity (Wildman–Crippen MR) is 138 cm³/mol. The molecule has 1 aliphatic carbocycles. The van der Waals surface area contributed by atoms with E-state index in [-0.39, 0.29) is 17.0 Å². The third kappa shape index (κ3) is 4.62. The quantitative estimate of drug-likeness (QED) is 0.513. The van der Waals surface area contributed by atoms with Gasteiger partial charge in [-0.15, -0.1) is 10.2 Å². The molecule has 8 nitrogen and oxygen atoms in total. The van der Waals surface area contributed by atoms with Crippen LogP contribution in [0.3, 0.4) is 0 Å². The van der Waals surface area contributed by atoms with Crippen LogP contribution in [0.1, 0.15) is 51.5 Å². The summed E-state index contributed by atoms with van der Waals surface area (Å²) in [4.78, 5) is 15.5. The summed E-state index contributed by atoms with van der Waals surface area (Å²) in [5.74, 6) is 1.70. The Morgan fingerprint density at radius 1 is 1.29 bits per heavy atom. The van der Waals surface area contributed by atoms with Crippen molar-refractivity contribution in [3.63, 3.8) is 0 Å². The minimum Gasteiger partial charge on any atom is -0.497 e. The maximum atomic E-state index is 13.7. The average molecular weight is 512 g/mol. The second-order valence-electron chi connectivity index (χ2n) is 9.29. The number of nitrogens with two attached hydrogens (primary N) is 1. The lowest BCUT2D eigenvalue weighted by Crippen LogP contribution is -2.42. The molecule has 1 aromatic carbocycles. The molecule has 1 aliphatic heterocycles. The number of nitriles is 1. The predicted octanol–water partition coefficient (Wildman–Crippen LogP) is 5.00. The fraction of sp³-hybridized carbons (Fsp3) is 0.440. The first-order valence-electron chi connectivity index (χ1n) is 11.4. The molecule has 184 valence electrons. The van der Waals surface area contributed by atoms with Crippen molar-refractivity contribution in [3.05, 3.63) is 46.4 Å². The van der Waals surface area contributed by atoms with E-state index < -0.39 is 5.92 Å². The van der Waals surface area contributed by atoms with E-state index in [1.165, 1.54) is 11.3 Å². The second kappa shape index (κ2) is 9.91. The Balaban J connectivity index is 1.94. The number of hydrogen-bond acceptors (Lipinski definition) is 10. The van der Waals surface area contributed by atoms with Gasteiger partial charge in [0.05, 0.1) is 31.8 Å². The van der Waals surface area contributed by atoms with Crippen molar-refractivity contribution in [2.75, 3.05) is 24.9 Å². The van der Waals surface area contributed by atoms with Crippen LogP contribution in [0.5, 0.6) is 11.5 Å². The number of nitrogens with zero attached hydrogens (tertiary/aromatic N) is 4. The lowest BCUT2D eigenvalue weighted by molar-refractivity contribution is -0.118. The van der Waals surface area contributed by atoms with Crippen LogP contribution in [0, 0.1) is 16.7 Å². The molecule has 0 bridgehead atoms. The van der Waals surface area contributed by atoms with Crippen molar-refractivity contribution in [1.82, 2.24) is 10.2 Å². The van der Waals surface area contributed by atoms with E-state index in [0.717, 1.165) is 22.2 Å². The highest BCUT2D eigenvalue weighted by molar-refractivity contribution is 8.01. The van der Waals surface area contributed by atoms with Crippen LogP contribution >= 0.6 is 23.1 Å². The Morgan fingerprint density at radius 2 is 2.06 bits per heavy atom. The van der Waals surface area contributed by atoms with Crippen molar-refractivity contribution in [3.8, 4) is 17.6 Å². The van der Waals surface area contributed by atoms with E-state index in [4.69, 9.17) is 15.2 Å². The zero-order valence-electron chi connectivity index (χ0n) is 20.5. The summed E-state index contributed by atoms with van der Waals surface area (Å²) in [7, 11) is 3.14. The van der Waals surface area contributed by atoms with Crippen molar-refractivity contribution >= 4 is 34.0 Å². The van der Waals surface area contributed by atoms with Gasteiger partial charge in [0.25, 0.3) is 0 Å². The van der Waals surface area contributed by atoms with Crippen LogP contribution < -0.4 is 20.1 Å². The molecule has 0 fully saturated rings. The molecule has 0 spiro atoms. The van der Waals surface area contributed by atoms with Gasteiger partial charge in [0, 0.05) is 35.1 Å². The number of carbonyl (C=O) groups excluding carboxylic acids is 1. The Hall–Kier alpha value is -3.03. The first-order valence-corrected chi connectivity index (χ1v) is 13.2. The summed E-state index contributed by atoms with van der Waals surface area (Å²) in [6.07, 6.45) is 2.01. The van der Waals surface area contributed by atoms with Gasteiger partial charge in [0.1, 0.15) is 17.3 Å². The monoisotopic (exact) mass is 511 g/mol. The van der Waals surface area contributed by atoms with Gasteiger partial charge in [-0.3, -0.25) is 9.69 Å². The number of rotatable bonds is 7. The largest absolute Gasteiger partial charge is 0.497 e. The van der Waals surface area contributed by atoms with Crippen LogP contribution in [-0.2, 0) is 4.79 Å². The third-order valence-corrected chi connectivity index (χ3v) is 8.40. The number of benzene rings is 1. The molecule has 0 amide bonds. The van der Waals surface area contributed by atoms with E-state index in [9.17, 15) is 10.1 Å². The second-order valence-corrected chi connectivity index (χ2v) is 11.6. The zero-order chi connectivity index (χ0) is 25.3. The number of hydrogen-bond donors (Lipinski definition) is 1. The highest BCUT2D eigenvalue weighted by Crippen LogP contribution is 2.52. The normalized spacial score (nSPS) is 19.5. The van der Waals surface area contributed by atoms with Gasteiger partial charge in [-0.05, 0) is 24.3 Å². The molecule has 1 aromatic heterocycles. The van der Waals surface area contributed by atoms with Crippen molar-refractivity contribution in [2.45, 2.75) is 50.3 Å². The first-order chi connectivity index (χ1) is 16.7. The Bertz CT molecular complexity index is 1260. The van der Waals surface area contributed by atoms with Crippen LogP contribution in [0.15, 0.2) is 45.2 Å². The van der Waals surface area contributed by atoms with Gasteiger partial charge in [-0.1, -0.05) is 49.9 Å². The Labute approximate surface area is 213 Å². The van der Waals surface area contributed by atoms with Crippen LogP contribution in [0.25, 0.3) is 0 Å². The van der Waals surface area contributed by atoms with Gasteiger partial charge in [0.2, 0.25) is 5.13 Å². The standard InChI is InChI=1S/C25H29N5O3S2/c1-6-9-34-24-29-28-23(35-24)30-17-11-25(2,3)12-18(31)21(17)20(16(13-26)22(30)27)15-8-7-14(32-4)10-19(15)33-5/h7-8,10,20H,6,9,11-12,27H2,1-5H3. The number of methoxy groups -OCH3 is 2. The molecule has 0 saturated heterocycles. The number of Topliss-reactive ketones (excluding diaryl/α,β-unsaturated/α-hetero) is 1. The van der Waals surface area contributed by atoms with Gasteiger partial charge in [-0.2, -0.15) is 5.26 Å². The number of ether oxygens (including phenoxy) is 2. The first kappa shape index (κ1) is 25.1. The number of carbonyl (C=O) groups is 1. The van der Waals surface area contributed by atoms with E-state index in [1.807, 2.05) is 6.07 Å². The summed E-state index contributed by atoms with van der Waals surface area (Å²) in [6.45, 7) is 6.25. The average Bonchev–Trinajstić information content (AvgIpc) is 3.29. The molecule has 2 heterocycles. The Morgan fingerprint density at radius 3 is 2.71 bits per heavy atom. The smallest absolute Gasteiger partial charge is 0.219 e. The van der Waals surface area contributed by atoms with Gasteiger partial charge in [0.15, 0.2) is 10.1 Å². The highest BCUT2D eigenvalue weighted by atomic mass is 32.2. The van der Waals surface area contributed by atoms with Crippen LogP contribution in [0.4, 0.5) is 5.13 Å². The SMILES string of the molecule is CCCSc1nnc(N2C(N)=C(C#N)C(c3ccc(OC)cc3OC)C3=C2CC(C)(C)CC3=O)s1. The summed E-state index contributed by atoms with van der Waals surface area (Å²) < 4.78 is 11.8. The van der Waals surface area contributed by atoms with E-state index >= 15 is 0 Å². The molecule has 4 rings (SSSR count). The summed E-state index contributed by atoms with van der Waals surface area (Å²) in [5.41, 5.74) is 8.76. The summed E-state index contributed by atoms with van der Waals surface area (Å²) in [6, 6.07) is 7.68. The lowest BCUT2D eigenvalue weighted by Gasteiger charge is -2.42. The maximum absolute atomic E-state index is 13.7. The molecule has 0 saturated carbocycles. The number of anilines is 1. The van der Waals surface area contributed by atoms with Crippen molar-refractivity contribution in [2.24, 2.45) is 11.1 Å². The molecule has 1 atom stereocenters. The summed E-state index contributed by atoms with van der Waals surface area (Å²) in [5, 5.41) is 19.5. The molecule has 10 heteroatoms. The molecule has 0 radical (unpaired) electrons. The molecule has 2 aliphatic rings. The topological polar surface area (TPSA) is 114 Å². The molecular weight excluding hydrogens is 482 g/mol. The van der Waals surface area contributed by atoms with Crippen molar-refractivity contribution < 1.29 is 14.3 Å². The molecular formula is C25H29N5O3S2. The van der Waals surface area contributed by atoms with Crippen LogP contribution in [-0.4, -0.2) is 36.0 Å². The minimum absolute atomic E-state index is 0.00512. The fourth-order valence-electron chi connectivity index (χ4n) is 4.64. The minimum atomic E-state index is -0.641. The van der Waals surface area contributed by atoms with Gasteiger partial charge < -0.3 is 15.2 Å². The van der Waals surface area contributed by atoms with Gasteiger partial charge >= 0.3 is 0 Å². The van der Waals surface area contributed by atoms with Crippen LogP contribution in [0.2, 0.25) is 0 Å². The van der Waals surface area contributed by atoms with E-state index in [2.05, 4.69) is 37.0 Å². The molecule has 35 heavy (non-hydrogen) atoms. The fourth-order valence-corrected chi connectivity index (χ4v) is 6.44. The summed E-state index contributed by atoms with van der Waals surface area (Å²) >= 11 is 3.05.